The highest BCUT2D eigenvalue weighted by Gasteiger charge is 2.50. The lowest BCUT2D eigenvalue weighted by Gasteiger charge is -2.37. The normalized spacial score (nSPS) is 18.7. The van der Waals surface area contributed by atoms with Crippen molar-refractivity contribution in [2.45, 2.75) is 52.3 Å². The first-order chi connectivity index (χ1) is 21.1. The van der Waals surface area contributed by atoms with E-state index in [1.54, 1.807) is 69.4 Å². The van der Waals surface area contributed by atoms with Gasteiger partial charge in [0.15, 0.2) is 0 Å². The molecule has 11 nitrogen and oxygen atoms in total. The van der Waals surface area contributed by atoms with Gasteiger partial charge in [-0.15, -0.1) is 0 Å². The van der Waals surface area contributed by atoms with Gasteiger partial charge in [0.2, 0.25) is 12.0 Å². The number of amides is 2. The van der Waals surface area contributed by atoms with E-state index in [0.29, 0.717) is 53.1 Å². The van der Waals surface area contributed by atoms with Crippen LogP contribution in [0.5, 0.6) is 11.5 Å². The average molecular weight is 600 g/mol. The Morgan fingerprint density at radius 1 is 1.18 bits per heavy atom. The summed E-state index contributed by atoms with van der Waals surface area (Å²) in [6.07, 6.45) is 2.40. The number of carbonyl (C=O) groups is 4. The third-order valence-corrected chi connectivity index (χ3v) is 8.07. The molecule has 2 amide bonds. The minimum atomic E-state index is -1.77. The van der Waals surface area contributed by atoms with E-state index in [0.717, 1.165) is 22.1 Å². The molecule has 5 rings (SSSR count). The zero-order valence-electron chi connectivity index (χ0n) is 25.0. The number of hydrogen-bond donors (Lipinski definition) is 1. The molecule has 44 heavy (non-hydrogen) atoms. The Hall–Kier alpha value is -5.19. The Morgan fingerprint density at radius 2 is 1.93 bits per heavy atom. The summed E-state index contributed by atoms with van der Waals surface area (Å²) in [4.78, 5) is 57.5. The van der Waals surface area contributed by atoms with E-state index >= 15 is 0 Å². The Labute approximate surface area is 254 Å². The summed E-state index contributed by atoms with van der Waals surface area (Å²) in [6.45, 7) is 6.28. The second-order valence-electron chi connectivity index (χ2n) is 10.8. The van der Waals surface area contributed by atoms with Crippen molar-refractivity contribution in [3.8, 4) is 11.5 Å². The number of phenolic OH excluding ortho intramolecular Hbond substituents is 1. The molecule has 0 bridgehead atoms. The van der Waals surface area contributed by atoms with E-state index in [-0.39, 0.29) is 31.9 Å². The smallest absolute Gasteiger partial charge is 0.411 e. The standard InChI is InChI=1S/C33H33N3O8/c1-5-24-25-13-22(39)9-12-28(25)34-30-26(24)16-36(18-37)29(30)14-27-20(3)17-42-31(40)33(27,6-2)44-32(41)35(4)15-21-7-10-23(11-8-21)43-19-38/h7-14,18-19,39H,5-6,15-17H2,1-4H3/b29-14-. The highest BCUT2D eigenvalue weighted by Crippen LogP contribution is 2.42. The van der Waals surface area contributed by atoms with Crippen molar-refractivity contribution >= 4 is 41.5 Å². The lowest BCUT2D eigenvalue weighted by Crippen LogP contribution is -2.50. The van der Waals surface area contributed by atoms with Gasteiger partial charge in [0, 0.05) is 30.1 Å². The maximum absolute atomic E-state index is 13.5. The van der Waals surface area contributed by atoms with Gasteiger partial charge in [-0.3, -0.25) is 9.59 Å². The van der Waals surface area contributed by atoms with E-state index in [1.165, 1.54) is 9.80 Å². The van der Waals surface area contributed by atoms with Gasteiger partial charge >= 0.3 is 12.1 Å². The molecule has 11 heteroatoms. The van der Waals surface area contributed by atoms with E-state index in [9.17, 15) is 24.3 Å². The summed E-state index contributed by atoms with van der Waals surface area (Å²) >= 11 is 0. The molecule has 0 aliphatic carbocycles. The van der Waals surface area contributed by atoms with Crippen LogP contribution < -0.4 is 4.74 Å². The fourth-order valence-electron chi connectivity index (χ4n) is 5.78. The van der Waals surface area contributed by atoms with Gasteiger partial charge in [-0.2, -0.15) is 0 Å². The molecule has 0 spiro atoms. The van der Waals surface area contributed by atoms with Gasteiger partial charge in [-0.1, -0.05) is 26.0 Å². The first-order valence-corrected chi connectivity index (χ1v) is 14.2. The SMILES string of the molecule is CCc1c2c(nc3ccc(O)cc13)/C(=C/C1=C(C)COC(=O)C1(CC)OC(=O)N(C)Cc1ccc(OC=O)cc1)N(C=O)C2. The highest BCUT2D eigenvalue weighted by molar-refractivity contribution is 5.93. The van der Waals surface area contributed by atoms with Crippen LogP contribution in [0.1, 0.15) is 49.6 Å². The molecule has 1 atom stereocenters. The van der Waals surface area contributed by atoms with Crippen LogP contribution in [-0.2, 0) is 43.4 Å². The number of aromatic nitrogens is 1. The molecule has 1 N–H and O–H groups in total. The van der Waals surface area contributed by atoms with Crippen LogP contribution in [0, 0.1) is 0 Å². The number of aromatic hydroxyl groups is 1. The van der Waals surface area contributed by atoms with Crippen LogP contribution >= 0.6 is 0 Å². The number of aryl methyl sites for hydroxylation is 1. The van der Waals surface area contributed by atoms with Gasteiger partial charge in [-0.05, 0) is 72.9 Å². The number of phenols is 1. The van der Waals surface area contributed by atoms with Crippen LogP contribution in [-0.4, -0.2) is 64.1 Å². The highest BCUT2D eigenvalue weighted by atomic mass is 16.6. The molecule has 0 radical (unpaired) electrons. The molecule has 1 unspecified atom stereocenters. The van der Waals surface area contributed by atoms with Crippen molar-refractivity contribution in [1.29, 1.82) is 0 Å². The fourth-order valence-corrected chi connectivity index (χ4v) is 5.78. The second kappa shape index (κ2) is 12.2. The number of ether oxygens (including phenoxy) is 3. The monoisotopic (exact) mass is 599 g/mol. The number of rotatable bonds is 9. The molecule has 0 fully saturated rings. The Bertz CT molecular complexity index is 1710. The molecular weight excluding hydrogens is 566 g/mol. The van der Waals surface area contributed by atoms with Gasteiger partial charge in [0.1, 0.15) is 18.1 Å². The predicted octanol–water partition coefficient (Wildman–Crippen LogP) is 4.64. The number of benzene rings is 2. The maximum Gasteiger partial charge on any atom is 0.411 e. The van der Waals surface area contributed by atoms with Gasteiger partial charge in [-0.25, -0.2) is 14.6 Å². The van der Waals surface area contributed by atoms with Gasteiger partial charge < -0.3 is 29.1 Å². The van der Waals surface area contributed by atoms with Crippen molar-refractivity contribution in [2.24, 2.45) is 0 Å². The predicted molar refractivity (Wildman–Crippen MR) is 160 cm³/mol. The number of carbonyl (C=O) groups excluding carboxylic acids is 4. The van der Waals surface area contributed by atoms with Crippen LogP contribution in [0.3, 0.4) is 0 Å². The second-order valence-corrected chi connectivity index (χ2v) is 10.8. The van der Waals surface area contributed by atoms with Crippen molar-refractivity contribution in [3.05, 3.63) is 82.1 Å². The average Bonchev–Trinajstić information content (AvgIpc) is 3.37. The Morgan fingerprint density at radius 3 is 2.59 bits per heavy atom. The molecule has 1 aromatic heterocycles. The van der Waals surface area contributed by atoms with Crippen molar-refractivity contribution in [2.75, 3.05) is 13.7 Å². The van der Waals surface area contributed by atoms with Crippen LogP contribution in [0.2, 0.25) is 0 Å². The molecule has 3 heterocycles. The molecule has 0 saturated heterocycles. The zero-order chi connectivity index (χ0) is 31.6. The fraction of sp³-hybridized carbons (Fsp3) is 0.303. The van der Waals surface area contributed by atoms with Crippen molar-refractivity contribution < 1.29 is 38.5 Å². The number of nitrogens with zero attached hydrogens (tertiary/aromatic N) is 3. The van der Waals surface area contributed by atoms with E-state index in [2.05, 4.69) is 0 Å². The Balaban J connectivity index is 1.53. The summed E-state index contributed by atoms with van der Waals surface area (Å²) in [5.74, 6) is -0.215. The largest absolute Gasteiger partial charge is 0.508 e. The number of hydrogen-bond acceptors (Lipinski definition) is 9. The van der Waals surface area contributed by atoms with Gasteiger partial charge in [0.25, 0.3) is 6.47 Å². The maximum atomic E-state index is 13.5. The molecular formula is C33H33N3O8. The lowest BCUT2D eigenvalue weighted by molar-refractivity contribution is -0.163. The van der Waals surface area contributed by atoms with Crippen LogP contribution in [0.25, 0.3) is 16.6 Å². The van der Waals surface area contributed by atoms with E-state index in [1.807, 2.05) is 6.92 Å². The third kappa shape index (κ3) is 5.36. The summed E-state index contributed by atoms with van der Waals surface area (Å²) < 4.78 is 16.3. The summed E-state index contributed by atoms with van der Waals surface area (Å²) in [6, 6.07) is 11.6. The summed E-state index contributed by atoms with van der Waals surface area (Å²) in [7, 11) is 1.55. The molecule has 0 saturated carbocycles. The summed E-state index contributed by atoms with van der Waals surface area (Å²) in [5.41, 5.74) is 3.60. The van der Waals surface area contributed by atoms with E-state index < -0.39 is 17.7 Å². The Kier molecular flexibility index (Phi) is 8.39. The van der Waals surface area contributed by atoms with Crippen LogP contribution in [0.15, 0.2) is 59.7 Å². The number of pyridine rings is 1. The first-order valence-electron chi connectivity index (χ1n) is 14.2. The summed E-state index contributed by atoms with van der Waals surface area (Å²) in [5, 5.41) is 10.9. The van der Waals surface area contributed by atoms with E-state index in [4.69, 9.17) is 19.2 Å². The number of esters is 1. The number of fused-ring (bicyclic) bond motifs is 2. The molecule has 2 aliphatic rings. The molecule has 228 valence electrons. The topological polar surface area (TPSA) is 136 Å². The third-order valence-electron chi connectivity index (χ3n) is 8.07. The minimum absolute atomic E-state index is 0.000870. The zero-order valence-corrected chi connectivity index (χ0v) is 25.0. The molecule has 2 aliphatic heterocycles. The molecule has 2 aromatic carbocycles. The first kappa shape index (κ1) is 30.3. The quantitative estimate of drug-likeness (QED) is 0.276. The van der Waals surface area contributed by atoms with Gasteiger partial charge in [0.05, 0.1) is 23.5 Å². The molecule has 3 aromatic rings. The van der Waals surface area contributed by atoms with Crippen LogP contribution in [0.4, 0.5) is 4.79 Å². The van der Waals surface area contributed by atoms with Crippen molar-refractivity contribution in [3.63, 3.8) is 0 Å². The van der Waals surface area contributed by atoms with Crippen molar-refractivity contribution in [1.82, 2.24) is 14.8 Å². The minimum Gasteiger partial charge on any atom is -0.508 e. The lowest BCUT2D eigenvalue weighted by atomic mass is 9.84. The number of cyclic esters (lactones) is 1.